The molecule has 0 aliphatic carbocycles. The van der Waals surface area contributed by atoms with Gasteiger partial charge in [-0.15, -0.1) is 0 Å². The second-order valence-corrected chi connectivity index (χ2v) is 5.85. The third-order valence-electron chi connectivity index (χ3n) is 2.27. The highest BCUT2D eigenvalue weighted by Crippen LogP contribution is 2.29. The molecular weight excluding hydrogens is 267 g/mol. The summed E-state index contributed by atoms with van der Waals surface area (Å²) in [5.41, 5.74) is 6.93. The van der Waals surface area contributed by atoms with Crippen molar-refractivity contribution in [2.75, 3.05) is 22.9 Å². The minimum atomic E-state index is -3.54. The summed E-state index contributed by atoms with van der Waals surface area (Å²) in [5.74, 6) is -0.258. The van der Waals surface area contributed by atoms with Crippen LogP contribution in [0.25, 0.3) is 0 Å². The zero-order valence-corrected chi connectivity index (χ0v) is 10.9. The van der Waals surface area contributed by atoms with Crippen molar-refractivity contribution >= 4 is 33.0 Å². The van der Waals surface area contributed by atoms with Crippen LogP contribution in [0.3, 0.4) is 0 Å². The molecule has 0 atom stereocenters. The highest BCUT2D eigenvalue weighted by molar-refractivity contribution is 7.92. The lowest BCUT2D eigenvalue weighted by molar-refractivity contribution is 0.484. The summed E-state index contributed by atoms with van der Waals surface area (Å²) in [4.78, 5) is 0. The van der Waals surface area contributed by atoms with Crippen LogP contribution in [0.2, 0.25) is 5.02 Å². The number of nitrogens with one attached hydrogen (secondary N) is 1. The normalized spacial score (nSPS) is 11.5. The van der Waals surface area contributed by atoms with Gasteiger partial charge in [-0.2, -0.15) is 0 Å². The number of rotatable bonds is 5. The number of hydrogen-bond acceptors (Lipinski definition) is 3. The van der Waals surface area contributed by atoms with E-state index in [4.69, 9.17) is 17.3 Å². The highest BCUT2D eigenvalue weighted by Gasteiger charge is 2.13. The Hall–Kier alpha value is -1.01. The van der Waals surface area contributed by atoms with Crippen LogP contribution in [-0.2, 0) is 10.0 Å². The van der Waals surface area contributed by atoms with Crippen molar-refractivity contribution in [1.82, 2.24) is 0 Å². The Morgan fingerprint density at radius 3 is 2.71 bits per heavy atom. The molecule has 1 aromatic carbocycles. The van der Waals surface area contributed by atoms with Crippen molar-refractivity contribution in [3.05, 3.63) is 22.7 Å². The third-order valence-corrected chi connectivity index (χ3v) is 3.96. The van der Waals surface area contributed by atoms with Crippen LogP contribution in [0.5, 0.6) is 0 Å². The number of nitrogen functional groups attached to an aromatic ring is 1. The van der Waals surface area contributed by atoms with Crippen LogP contribution >= 0.6 is 11.6 Å². The molecule has 0 aliphatic rings. The van der Waals surface area contributed by atoms with Gasteiger partial charge in [0.2, 0.25) is 10.0 Å². The van der Waals surface area contributed by atoms with Gasteiger partial charge in [-0.05, 0) is 31.0 Å². The van der Waals surface area contributed by atoms with Crippen molar-refractivity contribution < 1.29 is 12.8 Å². The maximum atomic E-state index is 11.9. The molecule has 0 spiro atoms. The molecule has 0 fully saturated rings. The van der Waals surface area contributed by atoms with Crippen LogP contribution in [0.15, 0.2) is 12.1 Å². The zero-order chi connectivity index (χ0) is 13.1. The molecule has 0 bridgehead atoms. The minimum absolute atomic E-state index is 0.0303. The zero-order valence-electron chi connectivity index (χ0n) is 9.33. The van der Waals surface area contributed by atoms with Crippen LogP contribution in [-0.4, -0.2) is 20.8 Å². The van der Waals surface area contributed by atoms with E-state index in [2.05, 4.69) is 4.72 Å². The molecule has 0 aliphatic heterocycles. The average Bonchev–Trinajstić information content (AvgIpc) is 2.27. The lowest BCUT2D eigenvalue weighted by atomic mass is 10.2. The first-order chi connectivity index (χ1) is 7.87. The molecule has 0 saturated heterocycles. The third kappa shape index (κ3) is 3.74. The van der Waals surface area contributed by atoms with Gasteiger partial charge in [0.1, 0.15) is 0 Å². The quantitative estimate of drug-likeness (QED) is 0.813. The standard InChI is InChI=1S/C10H14ClFN2O2S/c1-7-9(4-3-8(11)10(7)13)14-17(15,16)6-2-5-12/h3-4,14H,2,5-6,13H2,1H3. The summed E-state index contributed by atoms with van der Waals surface area (Å²) in [6.07, 6.45) is -0.0303. The summed E-state index contributed by atoms with van der Waals surface area (Å²) >= 11 is 5.79. The number of sulfonamides is 1. The second kappa shape index (κ2) is 5.55. The van der Waals surface area contributed by atoms with E-state index in [1.54, 1.807) is 6.92 Å². The molecule has 0 saturated carbocycles. The van der Waals surface area contributed by atoms with Crippen LogP contribution < -0.4 is 10.5 Å². The predicted molar refractivity (Wildman–Crippen MR) is 68.6 cm³/mol. The molecule has 0 radical (unpaired) electrons. The van der Waals surface area contributed by atoms with E-state index >= 15 is 0 Å². The van der Waals surface area contributed by atoms with Crippen molar-refractivity contribution in [2.45, 2.75) is 13.3 Å². The fraction of sp³-hybridized carbons (Fsp3) is 0.400. The Balaban J connectivity index is 2.93. The number of benzene rings is 1. The number of nitrogens with two attached hydrogens (primary N) is 1. The van der Waals surface area contributed by atoms with Gasteiger partial charge in [-0.1, -0.05) is 11.6 Å². The average molecular weight is 281 g/mol. The van der Waals surface area contributed by atoms with Crippen molar-refractivity contribution in [3.63, 3.8) is 0 Å². The van der Waals surface area contributed by atoms with Crippen molar-refractivity contribution in [2.24, 2.45) is 0 Å². The monoisotopic (exact) mass is 280 g/mol. The molecule has 96 valence electrons. The number of halogens is 2. The van der Waals surface area contributed by atoms with Gasteiger partial charge in [0, 0.05) is 0 Å². The first-order valence-electron chi connectivity index (χ1n) is 4.98. The van der Waals surface area contributed by atoms with E-state index in [1.807, 2.05) is 0 Å². The highest BCUT2D eigenvalue weighted by atomic mass is 35.5. The van der Waals surface area contributed by atoms with Gasteiger partial charge in [0.25, 0.3) is 0 Å². The summed E-state index contributed by atoms with van der Waals surface area (Å²) < 4.78 is 37.4. The molecule has 7 heteroatoms. The molecule has 0 heterocycles. The smallest absolute Gasteiger partial charge is 0.232 e. The molecule has 1 rings (SSSR count). The topological polar surface area (TPSA) is 72.2 Å². The van der Waals surface area contributed by atoms with Crippen molar-refractivity contribution in [3.8, 4) is 0 Å². The van der Waals surface area contributed by atoms with E-state index in [0.717, 1.165) is 0 Å². The maximum Gasteiger partial charge on any atom is 0.232 e. The maximum absolute atomic E-state index is 11.9. The second-order valence-electron chi connectivity index (χ2n) is 3.60. The van der Waals surface area contributed by atoms with Gasteiger partial charge in [0.15, 0.2) is 0 Å². The molecular formula is C10H14ClFN2O2S. The number of hydrogen-bond donors (Lipinski definition) is 2. The van der Waals surface area contributed by atoms with Gasteiger partial charge in [0.05, 0.1) is 28.8 Å². The lowest BCUT2D eigenvalue weighted by Gasteiger charge is -2.12. The van der Waals surface area contributed by atoms with Gasteiger partial charge >= 0.3 is 0 Å². The van der Waals surface area contributed by atoms with E-state index < -0.39 is 16.7 Å². The minimum Gasteiger partial charge on any atom is -0.397 e. The summed E-state index contributed by atoms with van der Waals surface area (Å²) in [6.45, 7) is 0.997. The summed E-state index contributed by atoms with van der Waals surface area (Å²) in [6, 6.07) is 3.04. The molecule has 4 nitrogen and oxygen atoms in total. The molecule has 0 aromatic heterocycles. The van der Waals surface area contributed by atoms with Crippen LogP contribution in [0.1, 0.15) is 12.0 Å². The van der Waals surface area contributed by atoms with Gasteiger partial charge < -0.3 is 5.73 Å². The lowest BCUT2D eigenvalue weighted by Crippen LogP contribution is -2.18. The summed E-state index contributed by atoms with van der Waals surface area (Å²) in [5, 5.41) is 0.370. The molecule has 0 amide bonds. The predicted octanol–water partition coefficient (Wildman–Crippen LogP) is 2.33. The first-order valence-corrected chi connectivity index (χ1v) is 7.01. The van der Waals surface area contributed by atoms with Crippen molar-refractivity contribution in [1.29, 1.82) is 0 Å². The molecule has 1 aromatic rings. The van der Waals surface area contributed by atoms with Crippen LogP contribution in [0.4, 0.5) is 15.8 Å². The van der Waals surface area contributed by atoms with Gasteiger partial charge in [-0.3, -0.25) is 9.11 Å². The Morgan fingerprint density at radius 2 is 2.12 bits per heavy atom. The van der Waals surface area contributed by atoms with E-state index in [9.17, 15) is 12.8 Å². The fourth-order valence-electron chi connectivity index (χ4n) is 1.27. The van der Waals surface area contributed by atoms with E-state index in [0.29, 0.717) is 22.0 Å². The molecule has 0 unspecified atom stereocenters. The van der Waals surface area contributed by atoms with Crippen LogP contribution in [0, 0.1) is 6.92 Å². The first kappa shape index (κ1) is 14.1. The van der Waals surface area contributed by atoms with E-state index in [-0.39, 0.29) is 12.2 Å². The number of anilines is 2. The Kier molecular flexibility index (Phi) is 4.59. The Labute approximate surface area is 105 Å². The van der Waals surface area contributed by atoms with E-state index in [1.165, 1.54) is 12.1 Å². The summed E-state index contributed by atoms with van der Waals surface area (Å²) in [7, 11) is -3.54. The fourth-order valence-corrected chi connectivity index (χ4v) is 2.62. The number of alkyl halides is 1. The Bertz CT molecular complexity index is 505. The largest absolute Gasteiger partial charge is 0.397 e. The SMILES string of the molecule is Cc1c(NS(=O)(=O)CCCF)ccc(Cl)c1N. The molecule has 17 heavy (non-hydrogen) atoms. The molecule has 3 N–H and O–H groups in total. The Morgan fingerprint density at radius 1 is 1.47 bits per heavy atom. The van der Waals surface area contributed by atoms with Gasteiger partial charge in [-0.25, -0.2) is 8.42 Å².